The average Bonchev–Trinajstić information content (AvgIpc) is 3.00. The molecule has 0 fully saturated rings. The molecule has 2 N–H and O–H groups in total. The summed E-state index contributed by atoms with van der Waals surface area (Å²) in [6.45, 7) is 0.788. The fourth-order valence-electron chi connectivity index (χ4n) is 2.66. The van der Waals surface area contributed by atoms with Crippen molar-refractivity contribution in [3.8, 4) is 0 Å². The average molecular weight is 273 g/mol. The molecule has 0 atom stereocenters. The number of aromatic nitrogens is 2. The monoisotopic (exact) mass is 273 g/mol. The highest BCUT2D eigenvalue weighted by atomic mass is 14.9. The van der Waals surface area contributed by atoms with Crippen molar-refractivity contribution in [3.63, 3.8) is 0 Å². The molecule has 0 bridgehead atoms. The van der Waals surface area contributed by atoms with Crippen LogP contribution in [0.4, 0.5) is 5.69 Å². The third kappa shape index (κ3) is 2.23. The van der Waals surface area contributed by atoms with Crippen LogP contribution in [-0.4, -0.2) is 9.97 Å². The molecule has 0 saturated carbocycles. The smallest absolute Gasteiger partial charge is 0.0933 e. The van der Waals surface area contributed by atoms with Gasteiger partial charge < -0.3 is 10.3 Å². The second-order valence-corrected chi connectivity index (χ2v) is 5.13. The van der Waals surface area contributed by atoms with Gasteiger partial charge in [-0.05, 0) is 41.3 Å². The molecule has 3 nitrogen and oxygen atoms in total. The normalized spacial score (nSPS) is 11.0. The second-order valence-electron chi connectivity index (χ2n) is 5.13. The highest BCUT2D eigenvalue weighted by Crippen LogP contribution is 2.22. The summed E-state index contributed by atoms with van der Waals surface area (Å²) in [6.07, 6.45) is 3.80. The molecule has 3 heteroatoms. The van der Waals surface area contributed by atoms with Crippen LogP contribution in [0.2, 0.25) is 0 Å². The zero-order valence-corrected chi connectivity index (χ0v) is 11.5. The van der Waals surface area contributed by atoms with Gasteiger partial charge in [-0.2, -0.15) is 0 Å². The van der Waals surface area contributed by atoms with Crippen molar-refractivity contribution >= 4 is 27.5 Å². The molecule has 102 valence electrons. The molecule has 0 spiro atoms. The van der Waals surface area contributed by atoms with Crippen molar-refractivity contribution in [2.45, 2.75) is 6.54 Å². The lowest BCUT2D eigenvalue weighted by atomic mass is 10.1. The maximum Gasteiger partial charge on any atom is 0.0933 e. The Morgan fingerprint density at radius 1 is 0.952 bits per heavy atom. The summed E-state index contributed by atoms with van der Waals surface area (Å²) in [5.74, 6) is 0. The highest BCUT2D eigenvalue weighted by Gasteiger charge is 2.02. The molecular formula is C18H15N3. The molecule has 21 heavy (non-hydrogen) atoms. The van der Waals surface area contributed by atoms with Gasteiger partial charge in [-0.1, -0.05) is 24.3 Å². The van der Waals surface area contributed by atoms with Gasteiger partial charge in [0.25, 0.3) is 0 Å². The van der Waals surface area contributed by atoms with Crippen LogP contribution in [0, 0.1) is 0 Å². The van der Waals surface area contributed by atoms with E-state index in [4.69, 9.17) is 0 Å². The largest absolute Gasteiger partial charge is 0.379 e. The topological polar surface area (TPSA) is 40.7 Å². The number of nitrogens with zero attached hydrogens (tertiary/aromatic N) is 1. The summed E-state index contributed by atoms with van der Waals surface area (Å²) in [5.41, 5.74) is 4.52. The molecule has 0 saturated heterocycles. The van der Waals surface area contributed by atoms with Crippen molar-refractivity contribution in [2.75, 3.05) is 5.32 Å². The van der Waals surface area contributed by atoms with Crippen LogP contribution in [0.15, 0.2) is 67.0 Å². The lowest BCUT2D eigenvalue weighted by molar-refractivity contribution is 1.16. The first kappa shape index (κ1) is 12.0. The van der Waals surface area contributed by atoms with E-state index in [1.54, 1.807) is 0 Å². The zero-order chi connectivity index (χ0) is 14.1. The van der Waals surface area contributed by atoms with E-state index in [0.717, 1.165) is 23.1 Å². The standard InChI is InChI=1S/C18H15N3/c1-3-14-4-2-9-20-18(14)17(5-1)21-12-13-6-7-16-15(11-13)8-10-19-16/h1-11,19,21H,12H2. The third-order valence-electron chi connectivity index (χ3n) is 3.73. The number of pyridine rings is 1. The van der Waals surface area contributed by atoms with E-state index in [2.05, 4.69) is 63.8 Å². The van der Waals surface area contributed by atoms with Crippen LogP contribution in [0.1, 0.15) is 5.56 Å². The number of hydrogen-bond acceptors (Lipinski definition) is 2. The lowest BCUT2D eigenvalue weighted by Crippen LogP contribution is -2.00. The number of aromatic amines is 1. The molecule has 2 aromatic heterocycles. The second kappa shape index (κ2) is 4.94. The molecule has 0 amide bonds. The number of para-hydroxylation sites is 1. The van der Waals surface area contributed by atoms with Crippen LogP contribution < -0.4 is 5.32 Å². The molecule has 0 aliphatic heterocycles. The molecule has 0 aliphatic rings. The van der Waals surface area contributed by atoms with Crippen LogP contribution in [0.25, 0.3) is 21.8 Å². The van der Waals surface area contributed by atoms with Crippen molar-refractivity contribution in [1.82, 2.24) is 9.97 Å². The first-order valence-corrected chi connectivity index (χ1v) is 7.04. The quantitative estimate of drug-likeness (QED) is 0.583. The Hall–Kier alpha value is -2.81. The molecule has 4 aromatic rings. The predicted molar refractivity (Wildman–Crippen MR) is 87.4 cm³/mol. The minimum atomic E-state index is 0.788. The van der Waals surface area contributed by atoms with Crippen molar-refractivity contribution < 1.29 is 0 Å². The van der Waals surface area contributed by atoms with Gasteiger partial charge >= 0.3 is 0 Å². The van der Waals surface area contributed by atoms with Crippen LogP contribution >= 0.6 is 0 Å². The van der Waals surface area contributed by atoms with E-state index in [9.17, 15) is 0 Å². The Morgan fingerprint density at radius 3 is 2.90 bits per heavy atom. The summed E-state index contributed by atoms with van der Waals surface area (Å²) in [5, 5.41) is 5.89. The molecule has 4 rings (SSSR count). The maximum absolute atomic E-state index is 4.47. The molecule has 2 aromatic carbocycles. The van der Waals surface area contributed by atoms with E-state index in [1.165, 1.54) is 16.5 Å². The van der Waals surface area contributed by atoms with Crippen molar-refractivity contribution in [1.29, 1.82) is 0 Å². The Balaban J connectivity index is 1.63. The van der Waals surface area contributed by atoms with Gasteiger partial charge in [0.2, 0.25) is 0 Å². The Kier molecular flexibility index (Phi) is 2.82. The van der Waals surface area contributed by atoms with Crippen LogP contribution in [0.5, 0.6) is 0 Å². The first-order chi connectivity index (χ1) is 10.4. The maximum atomic E-state index is 4.47. The SMILES string of the molecule is c1cnc2c(NCc3ccc4[nH]ccc4c3)cccc2c1. The molecule has 2 heterocycles. The predicted octanol–water partition coefficient (Wildman–Crippen LogP) is 4.33. The van der Waals surface area contributed by atoms with E-state index in [-0.39, 0.29) is 0 Å². The number of H-pyrrole nitrogens is 1. The summed E-state index contributed by atoms with van der Waals surface area (Å²) in [6, 6.07) is 18.8. The summed E-state index contributed by atoms with van der Waals surface area (Å²) >= 11 is 0. The number of anilines is 1. The van der Waals surface area contributed by atoms with Crippen molar-refractivity contribution in [2.24, 2.45) is 0 Å². The first-order valence-electron chi connectivity index (χ1n) is 7.04. The Morgan fingerprint density at radius 2 is 1.90 bits per heavy atom. The number of benzene rings is 2. The summed E-state index contributed by atoms with van der Waals surface area (Å²) < 4.78 is 0. The third-order valence-corrected chi connectivity index (χ3v) is 3.73. The van der Waals surface area contributed by atoms with Crippen LogP contribution in [-0.2, 0) is 6.54 Å². The Labute approximate surface area is 122 Å². The van der Waals surface area contributed by atoms with Gasteiger partial charge in [-0.25, -0.2) is 0 Å². The minimum absolute atomic E-state index is 0.788. The van der Waals surface area contributed by atoms with Gasteiger partial charge in [0.1, 0.15) is 0 Å². The van der Waals surface area contributed by atoms with Gasteiger partial charge in [-0.3, -0.25) is 4.98 Å². The van der Waals surface area contributed by atoms with E-state index in [0.29, 0.717) is 0 Å². The number of hydrogen-bond donors (Lipinski definition) is 2. The van der Waals surface area contributed by atoms with Gasteiger partial charge in [0.05, 0.1) is 11.2 Å². The fraction of sp³-hybridized carbons (Fsp3) is 0.0556. The molecule has 0 radical (unpaired) electrons. The number of rotatable bonds is 3. The van der Waals surface area contributed by atoms with Crippen LogP contribution in [0.3, 0.4) is 0 Å². The number of fused-ring (bicyclic) bond motifs is 2. The minimum Gasteiger partial charge on any atom is -0.379 e. The Bertz CT molecular complexity index is 903. The summed E-state index contributed by atoms with van der Waals surface area (Å²) in [4.78, 5) is 7.68. The van der Waals surface area contributed by atoms with Gasteiger partial charge in [-0.15, -0.1) is 0 Å². The highest BCUT2D eigenvalue weighted by molar-refractivity contribution is 5.90. The zero-order valence-electron chi connectivity index (χ0n) is 11.5. The van der Waals surface area contributed by atoms with Crippen molar-refractivity contribution in [3.05, 3.63) is 72.6 Å². The summed E-state index contributed by atoms with van der Waals surface area (Å²) in [7, 11) is 0. The fourth-order valence-corrected chi connectivity index (χ4v) is 2.66. The van der Waals surface area contributed by atoms with E-state index in [1.807, 2.05) is 18.5 Å². The van der Waals surface area contributed by atoms with Gasteiger partial charge in [0, 0.05) is 29.8 Å². The lowest BCUT2D eigenvalue weighted by Gasteiger charge is -2.09. The molecular weight excluding hydrogens is 258 g/mol. The van der Waals surface area contributed by atoms with E-state index < -0.39 is 0 Å². The van der Waals surface area contributed by atoms with E-state index >= 15 is 0 Å². The molecule has 0 unspecified atom stereocenters. The molecule has 0 aliphatic carbocycles. The number of nitrogens with one attached hydrogen (secondary N) is 2. The van der Waals surface area contributed by atoms with Gasteiger partial charge in [0.15, 0.2) is 0 Å².